The molecular formula is C13H16N2O3S. The fraction of sp³-hybridized carbons (Fsp3) is 0.308. The summed E-state index contributed by atoms with van der Waals surface area (Å²) < 4.78 is 24.5. The molecular weight excluding hydrogens is 264 g/mol. The maximum Gasteiger partial charge on any atom is 0.175 e. The van der Waals surface area contributed by atoms with E-state index in [2.05, 4.69) is 5.10 Å². The number of hydrogen-bond acceptors (Lipinski definition) is 4. The molecule has 0 radical (unpaired) electrons. The Bertz CT molecular complexity index is 645. The molecule has 5 nitrogen and oxygen atoms in total. The molecule has 0 bridgehead atoms. The van der Waals surface area contributed by atoms with E-state index < -0.39 is 9.84 Å². The molecule has 1 aromatic heterocycles. The van der Waals surface area contributed by atoms with Crippen molar-refractivity contribution in [1.29, 1.82) is 0 Å². The number of hydrogen-bond donors (Lipinski definition) is 1. The number of rotatable bonds is 5. The smallest absolute Gasteiger partial charge is 0.175 e. The van der Waals surface area contributed by atoms with Crippen molar-refractivity contribution >= 4 is 9.84 Å². The largest absolute Gasteiger partial charge is 0.396 e. The van der Waals surface area contributed by atoms with Gasteiger partial charge < -0.3 is 5.11 Å². The van der Waals surface area contributed by atoms with Gasteiger partial charge in [0.1, 0.15) is 0 Å². The zero-order valence-corrected chi connectivity index (χ0v) is 11.5. The Kier molecular flexibility index (Phi) is 4.01. The van der Waals surface area contributed by atoms with Gasteiger partial charge in [-0.25, -0.2) is 8.42 Å². The van der Waals surface area contributed by atoms with E-state index in [1.165, 1.54) is 6.26 Å². The van der Waals surface area contributed by atoms with Crippen LogP contribution in [0.15, 0.2) is 41.6 Å². The number of benzene rings is 1. The van der Waals surface area contributed by atoms with Crippen molar-refractivity contribution in [2.45, 2.75) is 17.9 Å². The topological polar surface area (TPSA) is 72.2 Å². The van der Waals surface area contributed by atoms with E-state index in [1.54, 1.807) is 35.1 Å². The molecule has 0 saturated carbocycles. The van der Waals surface area contributed by atoms with Gasteiger partial charge in [0.05, 0.1) is 11.1 Å². The van der Waals surface area contributed by atoms with Crippen LogP contribution in [-0.2, 0) is 16.4 Å². The third-order valence-corrected chi connectivity index (χ3v) is 3.92. The Morgan fingerprint density at radius 3 is 2.47 bits per heavy atom. The summed E-state index contributed by atoms with van der Waals surface area (Å²) in [4.78, 5) is 0.309. The highest BCUT2D eigenvalue weighted by atomic mass is 32.2. The van der Waals surface area contributed by atoms with Crippen LogP contribution < -0.4 is 0 Å². The molecule has 1 aromatic carbocycles. The molecule has 0 aliphatic rings. The molecule has 0 amide bonds. The van der Waals surface area contributed by atoms with Crippen LogP contribution >= 0.6 is 0 Å². The Balaban J connectivity index is 2.20. The predicted octanol–water partition coefficient (Wildman–Crippen LogP) is 1.34. The van der Waals surface area contributed by atoms with E-state index in [0.717, 1.165) is 11.1 Å². The SMILES string of the molecule is CS(=O)(=O)c1ccc(-c2cnn(CCCO)c2)cc1. The Hall–Kier alpha value is -1.66. The van der Waals surface area contributed by atoms with Gasteiger partial charge in [0, 0.05) is 31.2 Å². The van der Waals surface area contributed by atoms with Gasteiger partial charge in [0.15, 0.2) is 9.84 Å². The molecule has 0 atom stereocenters. The molecule has 19 heavy (non-hydrogen) atoms. The molecule has 0 saturated heterocycles. The minimum atomic E-state index is -3.16. The normalized spacial score (nSPS) is 11.7. The second-order valence-electron chi connectivity index (χ2n) is 4.37. The van der Waals surface area contributed by atoms with Gasteiger partial charge in [0.2, 0.25) is 0 Å². The third-order valence-electron chi connectivity index (χ3n) is 2.79. The van der Waals surface area contributed by atoms with Crippen molar-refractivity contribution in [3.8, 4) is 11.1 Å². The maximum absolute atomic E-state index is 11.4. The lowest BCUT2D eigenvalue weighted by Gasteiger charge is -2.01. The number of aliphatic hydroxyl groups excluding tert-OH is 1. The average Bonchev–Trinajstić information content (AvgIpc) is 2.84. The first-order chi connectivity index (χ1) is 9.00. The molecule has 0 aliphatic carbocycles. The summed E-state index contributed by atoms with van der Waals surface area (Å²) in [6.07, 6.45) is 5.46. The molecule has 1 N–H and O–H groups in total. The Morgan fingerprint density at radius 2 is 1.89 bits per heavy atom. The fourth-order valence-corrected chi connectivity index (χ4v) is 2.39. The van der Waals surface area contributed by atoms with Gasteiger partial charge in [-0.3, -0.25) is 4.68 Å². The molecule has 2 aromatic rings. The first-order valence-corrected chi connectivity index (χ1v) is 7.83. The Morgan fingerprint density at radius 1 is 1.21 bits per heavy atom. The van der Waals surface area contributed by atoms with Crippen LogP contribution in [0.4, 0.5) is 0 Å². The van der Waals surface area contributed by atoms with Crippen LogP contribution in [0.1, 0.15) is 6.42 Å². The lowest BCUT2D eigenvalue weighted by Crippen LogP contribution is -1.99. The van der Waals surface area contributed by atoms with Crippen molar-refractivity contribution in [2.75, 3.05) is 12.9 Å². The molecule has 2 rings (SSSR count). The molecule has 1 heterocycles. The van der Waals surface area contributed by atoms with Crippen molar-refractivity contribution < 1.29 is 13.5 Å². The Labute approximate surface area is 112 Å². The summed E-state index contributed by atoms with van der Waals surface area (Å²) in [5.74, 6) is 0. The molecule has 0 fully saturated rings. The molecule has 0 spiro atoms. The second kappa shape index (κ2) is 5.54. The minimum Gasteiger partial charge on any atom is -0.396 e. The molecule has 0 aliphatic heterocycles. The zero-order valence-electron chi connectivity index (χ0n) is 10.7. The van der Waals surface area contributed by atoms with Crippen LogP contribution in [-0.4, -0.2) is 36.2 Å². The van der Waals surface area contributed by atoms with Gasteiger partial charge in [0.25, 0.3) is 0 Å². The van der Waals surface area contributed by atoms with Crippen LogP contribution in [0.2, 0.25) is 0 Å². The molecule has 102 valence electrons. The predicted molar refractivity (Wildman–Crippen MR) is 72.5 cm³/mol. The van der Waals surface area contributed by atoms with Crippen LogP contribution in [0.3, 0.4) is 0 Å². The van der Waals surface area contributed by atoms with E-state index >= 15 is 0 Å². The van der Waals surface area contributed by atoms with E-state index in [4.69, 9.17) is 5.11 Å². The van der Waals surface area contributed by atoms with Crippen LogP contribution in [0.25, 0.3) is 11.1 Å². The first kappa shape index (κ1) is 13.8. The third kappa shape index (κ3) is 3.42. The summed E-state index contributed by atoms with van der Waals surface area (Å²) in [5.41, 5.74) is 1.85. The monoisotopic (exact) mass is 280 g/mol. The van der Waals surface area contributed by atoms with Gasteiger partial charge >= 0.3 is 0 Å². The van der Waals surface area contributed by atoms with Gasteiger partial charge in [-0.2, -0.15) is 5.10 Å². The van der Waals surface area contributed by atoms with Crippen molar-refractivity contribution in [2.24, 2.45) is 0 Å². The lowest BCUT2D eigenvalue weighted by atomic mass is 10.1. The highest BCUT2D eigenvalue weighted by molar-refractivity contribution is 7.90. The zero-order chi connectivity index (χ0) is 13.9. The maximum atomic E-state index is 11.4. The fourth-order valence-electron chi connectivity index (χ4n) is 1.76. The number of nitrogens with zero attached hydrogens (tertiary/aromatic N) is 2. The summed E-state index contributed by atoms with van der Waals surface area (Å²) in [6, 6.07) is 6.72. The number of aliphatic hydroxyl groups is 1. The van der Waals surface area contributed by atoms with E-state index in [-0.39, 0.29) is 6.61 Å². The number of sulfone groups is 1. The standard InChI is InChI=1S/C13H16N2O3S/c1-19(17,18)13-5-3-11(4-6-13)12-9-14-15(10-12)7-2-8-16/h3-6,9-10,16H,2,7-8H2,1H3. The summed E-state index contributed by atoms with van der Waals surface area (Å²) in [6.45, 7) is 0.802. The lowest BCUT2D eigenvalue weighted by molar-refractivity contribution is 0.277. The van der Waals surface area contributed by atoms with Gasteiger partial charge in [-0.05, 0) is 24.1 Å². The van der Waals surface area contributed by atoms with Gasteiger partial charge in [-0.15, -0.1) is 0 Å². The van der Waals surface area contributed by atoms with E-state index in [9.17, 15) is 8.42 Å². The summed E-state index contributed by atoms with van der Waals surface area (Å²) in [7, 11) is -3.16. The van der Waals surface area contributed by atoms with E-state index in [0.29, 0.717) is 17.9 Å². The average molecular weight is 280 g/mol. The highest BCUT2D eigenvalue weighted by Crippen LogP contribution is 2.20. The van der Waals surface area contributed by atoms with Crippen molar-refractivity contribution in [1.82, 2.24) is 9.78 Å². The summed E-state index contributed by atoms with van der Waals surface area (Å²) >= 11 is 0. The van der Waals surface area contributed by atoms with Crippen molar-refractivity contribution in [3.05, 3.63) is 36.7 Å². The van der Waals surface area contributed by atoms with Crippen LogP contribution in [0.5, 0.6) is 0 Å². The minimum absolute atomic E-state index is 0.137. The number of aromatic nitrogens is 2. The molecule has 0 unspecified atom stereocenters. The molecule has 6 heteroatoms. The summed E-state index contributed by atoms with van der Waals surface area (Å²) in [5, 5.41) is 12.9. The highest BCUT2D eigenvalue weighted by Gasteiger charge is 2.07. The first-order valence-electron chi connectivity index (χ1n) is 5.94. The quantitative estimate of drug-likeness (QED) is 0.897. The van der Waals surface area contributed by atoms with Crippen molar-refractivity contribution in [3.63, 3.8) is 0 Å². The van der Waals surface area contributed by atoms with Crippen LogP contribution in [0, 0.1) is 0 Å². The second-order valence-corrected chi connectivity index (χ2v) is 6.38. The van der Waals surface area contributed by atoms with E-state index in [1.807, 2.05) is 6.20 Å². The number of aryl methyl sites for hydroxylation is 1. The van der Waals surface area contributed by atoms with Gasteiger partial charge in [-0.1, -0.05) is 12.1 Å².